The Hall–Kier alpha value is -1.09. The molecular weight excluding hydrogens is 224 g/mol. The fraction of sp³-hybridized carbons (Fsp3) is 0.667. The smallest absolute Gasteiger partial charge is 0.213 e. The number of aromatic nitrogens is 1. The van der Waals surface area contributed by atoms with Crippen LogP contribution in [0.4, 0.5) is 0 Å². The molecule has 0 radical (unpaired) electrons. The highest BCUT2D eigenvalue weighted by atomic mass is 16.5. The molecule has 0 fully saturated rings. The van der Waals surface area contributed by atoms with Crippen LogP contribution in [0.25, 0.3) is 0 Å². The molecular formula is C15H26N2O. The zero-order valence-corrected chi connectivity index (χ0v) is 12.1. The van der Waals surface area contributed by atoms with E-state index in [4.69, 9.17) is 4.74 Å². The lowest BCUT2D eigenvalue weighted by atomic mass is 9.93. The second kappa shape index (κ2) is 7.37. The van der Waals surface area contributed by atoms with Crippen molar-refractivity contribution in [3.8, 4) is 5.88 Å². The Morgan fingerprint density at radius 3 is 2.72 bits per heavy atom. The molecule has 18 heavy (non-hydrogen) atoms. The summed E-state index contributed by atoms with van der Waals surface area (Å²) < 4.78 is 5.69. The van der Waals surface area contributed by atoms with Gasteiger partial charge in [0.1, 0.15) is 0 Å². The predicted molar refractivity (Wildman–Crippen MR) is 75.8 cm³/mol. The van der Waals surface area contributed by atoms with Gasteiger partial charge in [0.25, 0.3) is 0 Å². The number of hydrogen-bond acceptors (Lipinski definition) is 3. The summed E-state index contributed by atoms with van der Waals surface area (Å²) in [5, 5.41) is 3.34. The minimum atomic E-state index is 0.306. The van der Waals surface area contributed by atoms with E-state index < -0.39 is 0 Å². The highest BCUT2D eigenvalue weighted by Gasteiger charge is 2.10. The van der Waals surface area contributed by atoms with Crippen LogP contribution in [0.5, 0.6) is 5.88 Å². The fourth-order valence-corrected chi connectivity index (χ4v) is 1.49. The first-order chi connectivity index (χ1) is 8.51. The third-order valence-corrected chi connectivity index (χ3v) is 2.62. The molecule has 0 unspecified atom stereocenters. The zero-order valence-electron chi connectivity index (χ0n) is 12.1. The van der Waals surface area contributed by atoms with Gasteiger partial charge in [-0.15, -0.1) is 0 Å². The van der Waals surface area contributed by atoms with Gasteiger partial charge in [0.2, 0.25) is 5.88 Å². The van der Waals surface area contributed by atoms with Crippen LogP contribution in [0.1, 0.15) is 46.2 Å². The molecule has 0 amide bonds. The summed E-state index contributed by atoms with van der Waals surface area (Å²) in [5.41, 5.74) is 1.34. The van der Waals surface area contributed by atoms with Crippen molar-refractivity contribution < 1.29 is 4.74 Å². The molecule has 1 aromatic heterocycles. The van der Waals surface area contributed by atoms with E-state index in [1.165, 1.54) is 0 Å². The van der Waals surface area contributed by atoms with Crippen LogP contribution in [-0.4, -0.2) is 18.1 Å². The van der Waals surface area contributed by atoms with Gasteiger partial charge < -0.3 is 10.1 Å². The maximum atomic E-state index is 5.69. The van der Waals surface area contributed by atoms with Crippen LogP contribution in [-0.2, 0) is 6.54 Å². The average molecular weight is 250 g/mol. The van der Waals surface area contributed by atoms with Gasteiger partial charge >= 0.3 is 0 Å². The minimum absolute atomic E-state index is 0.306. The Morgan fingerprint density at radius 1 is 1.28 bits per heavy atom. The molecule has 0 aliphatic rings. The number of pyridine rings is 1. The van der Waals surface area contributed by atoms with Crippen LogP contribution in [0, 0.1) is 5.41 Å². The van der Waals surface area contributed by atoms with Crippen LogP contribution in [0.15, 0.2) is 18.2 Å². The van der Waals surface area contributed by atoms with Gasteiger partial charge in [-0.1, -0.05) is 33.8 Å². The SMILES string of the molecule is CCCNCc1cccc(OCCC(C)(C)C)n1. The Bertz CT molecular complexity index is 345. The highest BCUT2D eigenvalue weighted by Crippen LogP contribution is 2.18. The molecule has 0 atom stereocenters. The molecule has 0 saturated carbocycles. The van der Waals surface area contributed by atoms with Crippen LogP contribution in [0.2, 0.25) is 0 Å². The molecule has 1 rings (SSSR count). The summed E-state index contributed by atoms with van der Waals surface area (Å²) in [6, 6.07) is 5.95. The van der Waals surface area contributed by atoms with E-state index >= 15 is 0 Å². The summed E-state index contributed by atoms with van der Waals surface area (Å²) in [7, 11) is 0. The summed E-state index contributed by atoms with van der Waals surface area (Å²) in [5.74, 6) is 0.732. The molecule has 3 nitrogen and oxygen atoms in total. The summed E-state index contributed by atoms with van der Waals surface area (Å²) >= 11 is 0. The quantitative estimate of drug-likeness (QED) is 0.753. The van der Waals surface area contributed by atoms with Crippen molar-refractivity contribution in [2.45, 2.75) is 47.1 Å². The van der Waals surface area contributed by atoms with Crippen molar-refractivity contribution in [1.82, 2.24) is 10.3 Å². The molecule has 1 heterocycles. The maximum Gasteiger partial charge on any atom is 0.213 e. The van der Waals surface area contributed by atoms with E-state index in [-0.39, 0.29) is 0 Å². The first kappa shape index (κ1) is 15.0. The predicted octanol–water partition coefficient (Wildman–Crippen LogP) is 3.40. The van der Waals surface area contributed by atoms with Crippen LogP contribution < -0.4 is 10.1 Å². The molecule has 3 heteroatoms. The van der Waals surface area contributed by atoms with E-state index in [1.54, 1.807) is 0 Å². The van der Waals surface area contributed by atoms with Gasteiger partial charge in [0.05, 0.1) is 12.3 Å². The van der Waals surface area contributed by atoms with E-state index in [1.807, 2.05) is 18.2 Å². The number of rotatable bonds is 7. The normalized spacial score (nSPS) is 11.6. The number of hydrogen-bond donors (Lipinski definition) is 1. The monoisotopic (exact) mass is 250 g/mol. The third kappa shape index (κ3) is 6.60. The summed E-state index contributed by atoms with van der Waals surface area (Å²) in [4.78, 5) is 4.48. The average Bonchev–Trinajstić information content (AvgIpc) is 2.28. The Kier molecular flexibility index (Phi) is 6.13. The Labute approximate surface area is 111 Å². The van der Waals surface area contributed by atoms with Gasteiger partial charge in [-0.25, -0.2) is 4.98 Å². The van der Waals surface area contributed by atoms with Crippen molar-refractivity contribution in [2.75, 3.05) is 13.2 Å². The lowest BCUT2D eigenvalue weighted by Crippen LogP contribution is -2.15. The van der Waals surface area contributed by atoms with E-state index in [0.717, 1.165) is 44.1 Å². The lowest BCUT2D eigenvalue weighted by molar-refractivity contribution is 0.236. The second-order valence-electron chi connectivity index (χ2n) is 5.80. The van der Waals surface area contributed by atoms with Crippen molar-refractivity contribution in [2.24, 2.45) is 5.41 Å². The topological polar surface area (TPSA) is 34.1 Å². The highest BCUT2D eigenvalue weighted by molar-refractivity contribution is 5.15. The molecule has 1 aromatic rings. The van der Waals surface area contributed by atoms with Gasteiger partial charge in [-0.05, 0) is 30.9 Å². The molecule has 102 valence electrons. The largest absolute Gasteiger partial charge is 0.478 e. The van der Waals surface area contributed by atoms with Gasteiger partial charge in [0, 0.05) is 12.6 Å². The molecule has 0 aromatic carbocycles. The van der Waals surface area contributed by atoms with Gasteiger partial charge in [-0.3, -0.25) is 0 Å². The Morgan fingerprint density at radius 2 is 2.06 bits per heavy atom. The fourth-order valence-electron chi connectivity index (χ4n) is 1.49. The molecule has 0 bridgehead atoms. The standard InChI is InChI=1S/C15H26N2O/c1-5-10-16-12-13-7-6-8-14(17-13)18-11-9-15(2,3)4/h6-8,16H,5,9-12H2,1-4H3. The number of nitrogens with zero attached hydrogens (tertiary/aromatic N) is 1. The van der Waals surface area contributed by atoms with E-state index in [9.17, 15) is 0 Å². The Balaban J connectivity index is 2.39. The minimum Gasteiger partial charge on any atom is -0.478 e. The molecule has 0 aliphatic carbocycles. The number of ether oxygens (including phenoxy) is 1. The molecule has 1 N–H and O–H groups in total. The first-order valence-electron chi connectivity index (χ1n) is 6.81. The first-order valence-corrected chi connectivity index (χ1v) is 6.81. The van der Waals surface area contributed by atoms with Gasteiger partial charge in [-0.2, -0.15) is 0 Å². The van der Waals surface area contributed by atoms with Crippen LogP contribution in [0.3, 0.4) is 0 Å². The molecule has 0 spiro atoms. The zero-order chi connectivity index (χ0) is 13.4. The van der Waals surface area contributed by atoms with Crippen LogP contribution >= 0.6 is 0 Å². The van der Waals surface area contributed by atoms with E-state index in [2.05, 4.69) is 38.0 Å². The lowest BCUT2D eigenvalue weighted by Gasteiger charge is -2.17. The molecule has 0 aliphatic heterocycles. The summed E-state index contributed by atoms with van der Waals surface area (Å²) in [6.45, 7) is 11.4. The van der Waals surface area contributed by atoms with E-state index in [0.29, 0.717) is 5.41 Å². The van der Waals surface area contributed by atoms with Crippen molar-refractivity contribution >= 4 is 0 Å². The number of nitrogens with one attached hydrogen (secondary N) is 1. The summed E-state index contributed by atoms with van der Waals surface area (Å²) in [6.07, 6.45) is 2.18. The second-order valence-corrected chi connectivity index (χ2v) is 5.80. The third-order valence-electron chi connectivity index (χ3n) is 2.62. The van der Waals surface area contributed by atoms with Crippen molar-refractivity contribution in [3.05, 3.63) is 23.9 Å². The maximum absolute atomic E-state index is 5.69. The van der Waals surface area contributed by atoms with Gasteiger partial charge in [0.15, 0.2) is 0 Å². The van der Waals surface area contributed by atoms with Crippen molar-refractivity contribution in [3.63, 3.8) is 0 Å². The van der Waals surface area contributed by atoms with Crippen molar-refractivity contribution in [1.29, 1.82) is 0 Å². The molecule has 0 saturated heterocycles.